The molecule has 0 saturated heterocycles. The Morgan fingerprint density at radius 1 is 1.26 bits per heavy atom. The van der Waals surface area contributed by atoms with Crippen molar-refractivity contribution in [2.45, 2.75) is 6.10 Å². The third-order valence-corrected chi connectivity index (χ3v) is 3.11. The van der Waals surface area contributed by atoms with E-state index in [1.165, 1.54) is 24.3 Å². The van der Waals surface area contributed by atoms with Crippen LogP contribution in [0.4, 0.5) is 4.39 Å². The molecule has 23 heavy (non-hydrogen) atoms. The van der Waals surface area contributed by atoms with Crippen molar-refractivity contribution < 1.29 is 19.0 Å². The smallest absolute Gasteiger partial charge is 0.258 e. The molecule has 0 spiro atoms. The van der Waals surface area contributed by atoms with Crippen LogP contribution in [0.3, 0.4) is 0 Å². The van der Waals surface area contributed by atoms with E-state index in [4.69, 9.17) is 10.00 Å². The van der Waals surface area contributed by atoms with Gasteiger partial charge in [-0.1, -0.05) is 24.3 Å². The SMILES string of the molecule is N#Cc1ccccc1OCC(=O)NCC(O)c1ccc(F)cc1. The lowest BCUT2D eigenvalue weighted by atomic mass is 10.1. The first-order valence-electron chi connectivity index (χ1n) is 6.92. The molecule has 1 unspecified atom stereocenters. The van der Waals surface area contributed by atoms with Gasteiger partial charge in [-0.2, -0.15) is 5.26 Å². The van der Waals surface area contributed by atoms with Gasteiger partial charge in [-0.05, 0) is 29.8 Å². The number of ether oxygens (including phenoxy) is 1. The fraction of sp³-hybridized carbons (Fsp3) is 0.176. The molecule has 0 saturated carbocycles. The standard InChI is InChI=1S/C17H15FN2O3/c18-14-7-5-12(6-8-14)15(21)10-20-17(22)11-23-16-4-2-1-3-13(16)9-19/h1-8,15,21H,10-11H2,(H,20,22). The molecule has 5 nitrogen and oxygen atoms in total. The van der Waals surface area contributed by atoms with Gasteiger partial charge in [0, 0.05) is 6.54 Å². The monoisotopic (exact) mass is 314 g/mol. The molecule has 2 N–H and O–H groups in total. The van der Waals surface area contributed by atoms with E-state index < -0.39 is 17.8 Å². The van der Waals surface area contributed by atoms with E-state index in [0.717, 1.165) is 0 Å². The summed E-state index contributed by atoms with van der Waals surface area (Å²) in [6, 6.07) is 13.9. The lowest BCUT2D eigenvalue weighted by Crippen LogP contribution is -2.32. The Bertz CT molecular complexity index is 711. The number of nitriles is 1. The highest BCUT2D eigenvalue weighted by Crippen LogP contribution is 2.16. The highest BCUT2D eigenvalue weighted by atomic mass is 19.1. The second-order valence-corrected chi connectivity index (χ2v) is 4.77. The number of hydrogen-bond donors (Lipinski definition) is 2. The Balaban J connectivity index is 1.81. The van der Waals surface area contributed by atoms with Crippen LogP contribution in [0, 0.1) is 17.1 Å². The molecule has 2 aromatic rings. The van der Waals surface area contributed by atoms with Crippen molar-refractivity contribution >= 4 is 5.91 Å². The molecule has 0 aliphatic carbocycles. The molecule has 2 rings (SSSR count). The third kappa shape index (κ3) is 4.80. The van der Waals surface area contributed by atoms with Gasteiger partial charge in [0.1, 0.15) is 17.6 Å². The number of halogens is 1. The number of carbonyl (C=O) groups excluding carboxylic acids is 1. The van der Waals surface area contributed by atoms with Crippen molar-refractivity contribution in [3.05, 3.63) is 65.5 Å². The Labute approximate surface area is 132 Å². The highest BCUT2D eigenvalue weighted by Gasteiger charge is 2.11. The molecule has 0 aliphatic heterocycles. The number of para-hydroxylation sites is 1. The predicted octanol–water partition coefficient (Wildman–Crippen LogP) is 1.93. The van der Waals surface area contributed by atoms with Crippen molar-refractivity contribution in [1.29, 1.82) is 5.26 Å². The van der Waals surface area contributed by atoms with E-state index in [2.05, 4.69) is 5.32 Å². The number of carbonyl (C=O) groups is 1. The van der Waals surface area contributed by atoms with Crippen LogP contribution in [-0.2, 0) is 4.79 Å². The molecule has 1 amide bonds. The summed E-state index contributed by atoms with van der Waals surface area (Å²) in [4.78, 5) is 11.7. The minimum Gasteiger partial charge on any atom is -0.482 e. The van der Waals surface area contributed by atoms with Crippen molar-refractivity contribution in [2.24, 2.45) is 0 Å². The van der Waals surface area contributed by atoms with E-state index in [0.29, 0.717) is 16.9 Å². The van der Waals surface area contributed by atoms with Crippen LogP contribution in [0.25, 0.3) is 0 Å². The summed E-state index contributed by atoms with van der Waals surface area (Å²) in [6.45, 7) is -0.289. The van der Waals surface area contributed by atoms with Gasteiger partial charge in [0.25, 0.3) is 5.91 Å². The molecule has 0 radical (unpaired) electrons. The van der Waals surface area contributed by atoms with Crippen LogP contribution in [-0.4, -0.2) is 24.2 Å². The van der Waals surface area contributed by atoms with Gasteiger partial charge in [0.05, 0.1) is 11.7 Å². The summed E-state index contributed by atoms with van der Waals surface area (Å²) in [5, 5.41) is 21.3. The van der Waals surface area contributed by atoms with Gasteiger partial charge in [-0.25, -0.2) is 4.39 Å². The van der Waals surface area contributed by atoms with E-state index >= 15 is 0 Å². The average molecular weight is 314 g/mol. The maximum Gasteiger partial charge on any atom is 0.258 e. The molecule has 0 aliphatic rings. The molecule has 6 heteroatoms. The number of hydrogen-bond acceptors (Lipinski definition) is 4. The maximum atomic E-state index is 12.8. The third-order valence-electron chi connectivity index (χ3n) is 3.11. The van der Waals surface area contributed by atoms with Crippen LogP contribution in [0.2, 0.25) is 0 Å². The predicted molar refractivity (Wildman–Crippen MR) is 81.0 cm³/mol. The minimum absolute atomic E-state index is 0.0201. The van der Waals surface area contributed by atoms with Crippen LogP contribution in [0.1, 0.15) is 17.2 Å². The number of nitrogens with one attached hydrogen (secondary N) is 1. The van der Waals surface area contributed by atoms with Crippen molar-refractivity contribution in [2.75, 3.05) is 13.2 Å². The van der Waals surface area contributed by atoms with Gasteiger partial charge >= 0.3 is 0 Å². The summed E-state index contributed by atoms with van der Waals surface area (Å²) in [7, 11) is 0. The number of nitrogens with zero attached hydrogens (tertiary/aromatic N) is 1. The molecule has 118 valence electrons. The first-order chi connectivity index (χ1) is 11.1. The van der Waals surface area contributed by atoms with E-state index in [-0.39, 0.29) is 13.2 Å². The van der Waals surface area contributed by atoms with Crippen LogP contribution < -0.4 is 10.1 Å². The van der Waals surface area contributed by atoms with E-state index in [1.54, 1.807) is 24.3 Å². The minimum atomic E-state index is -0.939. The fourth-order valence-electron chi connectivity index (χ4n) is 1.89. The zero-order chi connectivity index (χ0) is 16.7. The first kappa shape index (κ1) is 16.5. The zero-order valence-electron chi connectivity index (χ0n) is 12.2. The van der Waals surface area contributed by atoms with Gasteiger partial charge in [-0.15, -0.1) is 0 Å². The molecule has 0 heterocycles. The molecule has 0 fully saturated rings. The number of aliphatic hydroxyl groups is 1. The molecular weight excluding hydrogens is 299 g/mol. The average Bonchev–Trinajstić information content (AvgIpc) is 2.58. The fourth-order valence-corrected chi connectivity index (χ4v) is 1.89. The summed E-state index contributed by atoms with van der Waals surface area (Å²) < 4.78 is 18.1. The molecule has 1 atom stereocenters. The Kier molecular flexibility index (Phi) is 5.67. The Morgan fingerprint density at radius 3 is 2.65 bits per heavy atom. The van der Waals surface area contributed by atoms with E-state index in [9.17, 15) is 14.3 Å². The van der Waals surface area contributed by atoms with Crippen molar-refractivity contribution in [3.8, 4) is 11.8 Å². The zero-order valence-corrected chi connectivity index (χ0v) is 12.2. The highest BCUT2D eigenvalue weighted by molar-refractivity contribution is 5.77. The van der Waals surface area contributed by atoms with Crippen molar-refractivity contribution in [3.63, 3.8) is 0 Å². The lowest BCUT2D eigenvalue weighted by Gasteiger charge is -2.13. The van der Waals surface area contributed by atoms with E-state index in [1.807, 2.05) is 6.07 Å². The van der Waals surface area contributed by atoms with Gasteiger partial charge in [-0.3, -0.25) is 4.79 Å². The van der Waals surface area contributed by atoms with Gasteiger partial charge in [0.2, 0.25) is 0 Å². The van der Waals surface area contributed by atoms with Crippen LogP contribution in [0.5, 0.6) is 5.75 Å². The Hall–Kier alpha value is -2.91. The second-order valence-electron chi connectivity index (χ2n) is 4.77. The molecule has 2 aromatic carbocycles. The maximum absolute atomic E-state index is 12.8. The summed E-state index contributed by atoms with van der Waals surface area (Å²) in [5.41, 5.74) is 0.842. The van der Waals surface area contributed by atoms with Crippen molar-refractivity contribution in [1.82, 2.24) is 5.32 Å². The normalized spacial score (nSPS) is 11.3. The molecule has 0 aromatic heterocycles. The largest absolute Gasteiger partial charge is 0.482 e. The van der Waals surface area contributed by atoms with Crippen LogP contribution in [0.15, 0.2) is 48.5 Å². The topological polar surface area (TPSA) is 82.3 Å². The molecule has 0 bridgehead atoms. The lowest BCUT2D eigenvalue weighted by molar-refractivity contribution is -0.123. The van der Waals surface area contributed by atoms with Gasteiger partial charge in [0.15, 0.2) is 6.61 Å². The molecular formula is C17H15FN2O3. The van der Waals surface area contributed by atoms with Gasteiger partial charge < -0.3 is 15.2 Å². The summed E-state index contributed by atoms with van der Waals surface area (Å²) >= 11 is 0. The quantitative estimate of drug-likeness (QED) is 0.853. The number of aliphatic hydroxyl groups excluding tert-OH is 1. The number of benzene rings is 2. The van der Waals surface area contributed by atoms with Crippen LogP contribution >= 0.6 is 0 Å². The number of rotatable bonds is 6. The number of amides is 1. The summed E-state index contributed by atoms with van der Waals surface area (Å²) in [5.74, 6) is -0.502. The second kappa shape index (κ2) is 7.92. The Morgan fingerprint density at radius 2 is 1.96 bits per heavy atom. The summed E-state index contributed by atoms with van der Waals surface area (Å²) in [6.07, 6.45) is -0.939. The first-order valence-corrected chi connectivity index (χ1v) is 6.92.